The van der Waals surface area contributed by atoms with Gasteiger partial charge in [-0.3, -0.25) is 9.11 Å². The zero-order chi connectivity index (χ0) is 43.3. The van der Waals surface area contributed by atoms with Crippen LogP contribution in [0.25, 0.3) is 10.8 Å². The zero-order valence-corrected chi connectivity index (χ0v) is 34.5. The summed E-state index contributed by atoms with van der Waals surface area (Å²) in [5.74, 6) is -2.04. The number of aromatic nitrogens is 3. The SMILES string of the molecule is C=CS(=O)(=O)c1cccc(N=Nc2c(SOOO)cc3c(S(=O)(=O)O)ccc(Nc4nc(Cl)nc(N(CC)c5cccc(S(=O)(=O)CCOS(=O)(=O)O)c5)n4)c3c2O)c1. The fraction of sp³-hybridized carbons (Fsp3) is 0.129. The van der Waals surface area contributed by atoms with Gasteiger partial charge in [-0.25, -0.2) is 26.3 Å². The Balaban J connectivity index is 1.61. The molecule has 59 heavy (non-hydrogen) atoms. The van der Waals surface area contributed by atoms with E-state index in [1.807, 2.05) is 0 Å². The highest BCUT2D eigenvalue weighted by atomic mass is 35.5. The number of azo groups is 1. The van der Waals surface area contributed by atoms with Crippen molar-refractivity contribution in [2.24, 2.45) is 10.2 Å². The van der Waals surface area contributed by atoms with Crippen molar-refractivity contribution >= 4 is 109 Å². The standard InChI is InChI=1S/C31H28ClN7O15S5/c1-3-39(19-8-6-10-21(16-19)57(44,45)14-13-52-59(49,50)51)31-35-29(32)34-30(36-31)33-23-11-12-25(58(46,47)48)22-17-24(55-54-53-41)27(28(40)26(22)23)38-37-18-7-5-9-20(15-18)56(42,43)4-2/h4-12,15-17,40-41H,2-3,13-14H2,1H3,(H,46,47,48)(H,49,50,51)(H,33,34,35,36). The maximum Gasteiger partial charge on any atom is 0.397 e. The molecular formula is C31H28ClN7O15S5. The van der Waals surface area contributed by atoms with Crippen LogP contribution in [0, 0.1) is 0 Å². The lowest BCUT2D eigenvalue weighted by atomic mass is 10.1. The summed E-state index contributed by atoms with van der Waals surface area (Å²) in [6.07, 6.45) is 0. The smallest absolute Gasteiger partial charge is 0.397 e. The van der Waals surface area contributed by atoms with Crippen molar-refractivity contribution in [1.29, 1.82) is 0 Å². The summed E-state index contributed by atoms with van der Waals surface area (Å²) in [6, 6.07) is 13.7. The minimum atomic E-state index is -4.99. The van der Waals surface area contributed by atoms with Gasteiger partial charge in [0.2, 0.25) is 17.2 Å². The fourth-order valence-electron chi connectivity index (χ4n) is 5.19. The van der Waals surface area contributed by atoms with E-state index < -0.39 is 68.9 Å². The summed E-state index contributed by atoms with van der Waals surface area (Å²) in [5.41, 5.74) is -0.347. The molecule has 0 aliphatic rings. The quantitative estimate of drug-likeness (QED) is 0.0225. The van der Waals surface area contributed by atoms with Crippen LogP contribution < -0.4 is 10.2 Å². The molecule has 5 rings (SSSR count). The van der Waals surface area contributed by atoms with Gasteiger partial charge in [0.25, 0.3) is 10.1 Å². The Hall–Kier alpha value is -4.91. The first-order chi connectivity index (χ1) is 27.7. The number of phenolic OH excluding ortho intramolecular Hbond substituents is 1. The van der Waals surface area contributed by atoms with Crippen LogP contribution in [0.5, 0.6) is 5.75 Å². The van der Waals surface area contributed by atoms with E-state index in [0.29, 0.717) is 0 Å². The van der Waals surface area contributed by atoms with Crippen LogP contribution in [0.15, 0.2) is 109 Å². The minimum absolute atomic E-state index is 0.0186. The van der Waals surface area contributed by atoms with Crippen molar-refractivity contribution in [3.63, 3.8) is 0 Å². The van der Waals surface area contributed by atoms with Crippen molar-refractivity contribution in [2.75, 3.05) is 29.1 Å². The lowest BCUT2D eigenvalue weighted by Crippen LogP contribution is -2.21. The molecule has 0 fully saturated rings. The Morgan fingerprint density at radius 3 is 2.31 bits per heavy atom. The number of hydrogen-bond acceptors (Lipinski definition) is 21. The number of nitrogens with zero attached hydrogens (tertiary/aromatic N) is 6. The Labute approximate surface area is 344 Å². The second-order valence-electron chi connectivity index (χ2n) is 11.4. The molecule has 22 nitrogen and oxygen atoms in total. The third-order valence-electron chi connectivity index (χ3n) is 7.71. The molecule has 0 saturated carbocycles. The number of anilines is 4. The molecule has 0 atom stereocenters. The van der Waals surface area contributed by atoms with Gasteiger partial charge >= 0.3 is 10.4 Å². The molecule has 28 heteroatoms. The first-order valence-electron chi connectivity index (χ1n) is 15.9. The fourth-order valence-corrected chi connectivity index (χ4v) is 8.78. The normalized spacial score (nSPS) is 12.6. The summed E-state index contributed by atoms with van der Waals surface area (Å²) in [4.78, 5) is 12.6. The van der Waals surface area contributed by atoms with E-state index in [1.54, 1.807) is 6.92 Å². The number of benzene rings is 4. The Morgan fingerprint density at radius 1 is 0.932 bits per heavy atom. The molecular weight excluding hydrogens is 906 g/mol. The molecule has 5 N–H and O–H groups in total. The summed E-state index contributed by atoms with van der Waals surface area (Å²) in [5, 5.41) is 34.7. The maximum absolute atomic E-state index is 12.9. The van der Waals surface area contributed by atoms with Crippen LogP contribution in [-0.2, 0) is 53.7 Å². The molecule has 0 bridgehead atoms. The van der Waals surface area contributed by atoms with Gasteiger partial charge in [0.1, 0.15) is 10.6 Å². The lowest BCUT2D eigenvalue weighted by molar-refractivity contribution is -0.432. The van der Waals surface area contributed by atoms with Crippen LogP contribution in [0.3, 0.4) is 0 Å². The van der Waals surface area contributed by atoms with Crippen LogP contribution in [0.2, 0.25) is 5.28 Å². The highest BCUT2D eigenvalue weighted by molar-refractivity contribution is 7.95. The third kappa shape index (κ3) is 11.0. The largest absolute Gasteiger partial charge is 0.505 e. The molecule has 0 unspecified atom stereocenters. The van der Waals surface area contributed by atoms with Gasteiger partial charge < -0.3 is 15.3 Å². The Bertz CT molecular complexity index is 2920. The van der Waals surface area contributed by atoms with Crippen LogP contribution in [-0.4, -0.2) is 87.0 Å². The number of sulfone groups is 2. The van der Waals surface area contributed by atoms with E-state index in [1.165, 1.54) is 47.4 Å². The minimum Gasteiger partial charge on any atom is -0.505 e. The second kappa shape index (κ2) is 18.1. The average molecular weight is 934 g/mol. The molecule has 0 radical (unpaired) electrons. The van der Waals surface area contributed by atoms with E-state index in [9.17, 15) is 43.3 Å². The van der Waals surface area contributed by atoms with Gasteiger partial charge in [-0.15, -0.1) is 9.45 Å². The van der Waals surface area contributed by atoms with Crippen LogP contribution in [0.4, 0.5) is 34.6 Å². The lowest BCUT2D eigenvalue weighted by Gasteiger charge is -2.22. The molecule has 1 aromatic heterocycles. The van der Waals surface area contributed by atoms with E-state index >= 15 is 0 Å². The summed E-state index contributed by atoms with van der Waals surface area (Å²) >= 11 is 6.53. The van der Waals surface area contributed by atoms with Gasteiger partial charge in [-0.1, -0.05) is 23.7 Å². The number of nitrogens with one attached hydrogen (secondary N) is 1. The molecule has 0 amide bonds. The van der Waals surface area contributed by atoms with Gasteiger partial charge in [-0.2, -0.15) is 36.9 Å². The maximum atomic E-state index is 12.9. The highest BCUT2D eigenvalue weighted by Crippen LogP contribution is 2.48. The summed E-state index contributed by atoms with van der Waals surface area (Å²) < 4.78 is 125. The topological polar surface area (TPSA) is 324 Å². The van der Waals surface area contributed by atoms with Crippen molar-refractivity contribution in [3.8, 4) is 5.75 Å². The average Bonchev–Trinajstić information content (AvgIpc) is 3.16. The van der Waals surface area contributed by atoms with Crippen molar-refractivity contribution < 1.29 is 66.7 Å². The molecule has 0 aliphatic heterocycles. The van der Waals surface area contributed by atoms with Gasteiger partial charge in [-0.05, 0) is 73.1 Å². The monoisotopic (exact) mass is 933 g/mol. The number of rotatable bonds is 18. The Morgan fingerprint density at radius 2 is 1.64 bits per heavy atom. The number of phenols is 1. The molecule has 314 valence electrons. The number of fused-ring (bicyclic) bond motifs is 1. The van der Waals surface area contributed by atoms with Crippen LogP contribution >= 0.6 is 23.6 Å². The number of hydrogen-bond donors (Lipinski definition) is 5. The molecule has 5 aromatic rings. The number of halogens is 1. The predicted octanol–water partition coefficient (Wildman–Crippen LogP) is 5.89. The van der Waals surface area contributed by atoms with Gasteiger partial charge in [0.05, 0.1) is 55.8 Å². The molecule has 0 aliphatic carbocycles. The summed E-state index contributed by atoms with van der Waals surface area (Å²) in [6.45, 7) is 4.20. The third-order valence-corrected chi connectivity index (χ3v) is 12.9. The highest BCUT2D eigenvalue weighted by Gasteiger charge is 2.25. The molecule has 0 saturated heterocycles. The van der Waals surface area contributed by atoms with E-state index in [2.05, 4.69) is 50.6 Å². The van der Waals surface area contributed by atoms with Crippen molar-refractivity contribution in [3.05, 3.63) is 84.0 Å². The van der Waals surface area contributed by atoms with Crippen molar-refractivity contribution in [1.82, 2.24) is 15.0 Å². The van der Waals surface area contributed by atoms with E-state index in [0.717, 1.165) is 29.7 Å². The molecule has 0 spiro atoms. The zero-order valence-electron chi connectivity index (χ0n) is 29.6. The van der Waals surface area contributed by atoms with E-state index in [4.69, 9.17) is 21.4 Å². The van der Waals surface area contributed by atoms with Crippen molar-refractivity contribution in [2.45, 2.75) is 26.5 Å². The second-order valence-corrected chi connectivity index (χ2v) is 18.9. The van der Waals surface area contributed by atoms with Gasteiger partial charge in [0, 0.05) is 23.0 Å². The molecule has 1 heterocycles. The first-order valence-corrected chi connectivity index (χ1v) is 23.0. The first kappa shape index (κ1) is 45.2. The number of aromatic hydroxyl groups is 1. The van der Waals surface area contributed by atoms with E-state index in [-0.39, 0.29) is 78.3 Å². The summed E-state index contributed by atoms with van der Waals surface area (Å²) in [7, 11) is -17.9. The molecule has 4 aromatic carbocycles. The predicted molar refractivity (Wildman–Crippen MR) is 211 cm³/mol. The van der Waals surface area contributed by atoms with Crippen LogP contribution in [0.1, 0.15) is 6.92 Å². The van der Waals surface area contributed by atoms with Gasteiger partial charge in [0.15, 0.2) is 25.4 Å². The Kier molecular flexibility index (Phi) is 13.9.